The Labute approximate surface area is 222 Å². The molecule has 200 valence electrons. The van der Waals surface area contributed by atoms with E-state index in [2.05, 4.69) is 45.4 Å². The number of anilines is 1. The second-order valence-electron chi connectivity index (χ2n) is 10.6. The zero-order valence-electron chi connectivity index (χ0n) is 21.4. The molecule has 0 radical (unpaired) electrons. The van der Waals surface area contributed by atoms with Crippen molar-refractivity contribution in [3.05, 3.63) is 66.0 Å². The third kappa shape index (κ3) is 5.15. The number of aliphatic hydroxyl groups is 1. The van der Waals surface area contributed by atoms with Crippen LogP contribution in [0, 0.1) is 11.7 Å². The summed E-state index contributed by atoms with van der Waals surface area (Å²) in [7, 11) is 0. The number of fused-ring (bicyclic) bond motifs is 2. The van der Waals surface area contributed by atoms with Crippen LogP contribution in [-0.4, -0.2) is 67.9 Å². The smallest absolute Gasteiger partial charge is 0.225 e. The summed E-state index contributed by atoms with van der Waals surface area (Å²) >= 11 is 0. The number of carbonyl (C=O) groups excluding carboxylic acids is 1. The molecule has 2 N–H and O–H groups in total. The number of rotatable bonds is 7. The normalized spacial score (nSPS) is 21.0. The third-order valence-electron chi connectivity index (χ3n) is 7.98. The van der Waals surface area contributed by atoms with Crippen molar-refractivity contribution in [1.82, 2.24) is 10.2 Å². The summed E-state index contributed by atoms with van der Waals surface area (Å²) in [5.41, 5.74) is 1.49. The van der Waals surface area contributed by atoms with Crippen LogP contribution in [0.1, 0.15) is 30.9 Å². The molecule has 8 heteroatoms. The van der Waals surface area contributed by atoms with Gasteiger partial charge in [-0.05, 0) is 73.0 Å². The number of amides is 1. The summed E-state index contributed by atoms with van der Waals surface area (Å²) in [6.07, 6.45) is 1.85. The molecule has 0 bridgehead atoms. The predicted molar refractivity (Wildman–Crippen MR) is 144 cm³/mol. The van der Waals surface area contributed by atoms with Crippen molar-refractivity contribution in [2.75, 3.05) is 50.8 Å². The second kappa shape index (κ2) is 10.8. The minimum Gasteiger partial charge on any atom is -0.486 e. The number of benzene rings is 3. The van der Waals surface area contributed by atoms with Gasteiger partial charge in [-0.25, -0.2) is 4.39 Å². The van der Waals surface area contributed by atoms with Gasteiger partial charge in [0, 0.05) is 25.3 Å². The van der Waals surface area contributed by atoms with Crippen LogP contribution in [0.5, 0.6) is 11.5 Å². The number of ether oxygens (including phenoxy) is 2. The lowest BCUT2D eigenvalue weighted by Gasteiger charge is -2.30. The van der Waals surface area contributed by atoms with Crippen LogP contribution in [0.3, 0.4) is 0 Å². The number of hydrogen-bond acceptors (Lipinski definition) is 6. The van der Waals surface area contributed by atoms with Gasteiger partial charge in [0.25, 0.3) is 0 Å². The van der Waals surface area contributed by atoms with Crippen LogP contribution in [0.4, 0.5) is 10.1 Å². The summed E-state index contributed by atoms with van der Waals surface area (Å²) in [5, 5.41) is 16.9. The standard InChI is InChI=1S/C30H34FN3O4/c31-25-16-23(17-27-29(25)38-14-13-37-27)28(35)26(19-33-10-3-4-11-33)32-30(36)22-9-12-34(18-22)24-8-7-20-5-1-2-6-21(20)15-24/h1-2,5-8,15-17,22,26,28,35H,3-4,9-14,18-19H2,(H,32,36)/t22-,26-,28-/m1/s1. The molecule has 38 heavy (non-hydrogen) atoms. The number of likely N-dealkylation sites (tertiary alicyclic amines) is 1. The van der Waals surface area contributed by atoms with E-state index in [0.717, 1.165) is 44.6 Å². The number of aliphatic hydroxyl groups excluding tert-OH is 1. The molecule has 6 rings (SSSR count). The summed E-state index contributed by atoms with van der Waals surface area (Å²) < 4.78 is 25.7. The van der Waals surface area contributed by atoms with Gasteiger partial charge in [-0.15, -0.1) is 0 Å². The van der Waals surface area contributed by atoms with Crippen LogP contribution in [0.15, 0.2) is 54.6 Å². The van der Waals surface area contributed by atoms with Crippen molar-refractivity contribution < 1.29 is 23.8 Å². The number of nitrogens with zero attached hydrogens (tertiary/aromatic N) is 2. The molecule has 2 fully saturated rings. The first-order valence-electron chi connectivity index (χ1n) is 13.6. The van der Waals surface area contributed by atoms with Crippen molar-refractivity contribution in [3.63, 3.8) is 0 Å². The molecule has 0 aliphatic carbocycles. The van der Waals surface area contributed by atoms with Gasteiger partial charge in [-0.2, -0.15) is 0 Å². The zero-order chi connectivity index (χ0) is 26.1. The van der Waals surface area contributed by atoms with E-state index in [9.17, 15) is 14.3 Å². The van der Waals surface area contributed by atoms with Crippen molar-refractivity contribution >= 4 is 22.4 Å². The Morgan fingerprint density at radius 2 is 1.82 bits per heavy atom. The van der Waals surface area contributed by atoms with Gasteiger partial charge in [-0.1, -0.05) is 30.3 Å². The lowest BCUT2D eigenvalue weighted by atomic mass is 9.99. The topological polar surface area (TPSA) is 74.3 Å². The van der Waals surface area contributed by atoms with Crippen molar-refractivity contribution in [1.29, 1.82) is 0 Å². The van der Waals surface area contributed by atoms with Gasteiger partial charge < -0.3 is 29.7 Å². The van der Waals surface area contributed by atoms with E-state index >= 15 is 0 Å². The molecule has 3 heterocycles. The Morgan fingerprint density at radius 3 is 2.66 bits per heavy atom. The average molecular weight is 520 g/mol. The first-order valence-corrected chi connectivity index (χ1v) is 13.6. The fourth-order valence-electron chi connectivity index (χ4n) is 5.88. The van der Waals surface area contributed by atoms with Crippen LogP contribution >= 0.6 is 0 Å². The van der Waals surface area contributed by atoms with Crippen LogP contribution in [0.25, 0.3) is 10.8 Å². The Morgan fingerprint density at radius 1 is 1.03 bits per heavy atom. The first kappa shape index (κ1) is 24.9. The predicted octanol–water partition coefficient (Wildman–Crippen LogP) is 3.89. The van der Waals surface area contributed by atoms with Crippen molar-refractivity contribution in [2.45, 2.75) is 31.4 Å². The molecule has 3 atom stereocenters. The third-order valence-corrected chi connectivity index (χ3v) is 7.98. The fraction of sp³-hybridized carbons (Fsp3) is 0.433. The molecule has 2 saturated heterocycles. The maximum atomic E-state index is 14.8. The van der Waals surface area contributed by atoms with E-state index in [1.807, 2.05) is 12.1 Å². The largest absolute Gasteiger partial charge is 0.486 e. The summed E-state index contributed by atoms with van der Waals surface area (Å²) in [6.45, 7) is 4.39. The van der Waals surface area contributed by atoms with Crippen LogP contribution in [-0.2, 0) is 4.79 Å². The zero-order valence-corrected chi connectivity index (χ0v) is 21.4. The van der Waals surface area contributed by atoms with Crippen molar-refractivity contribution in [2.24, 2.45) is 5.92 Å². The Kier molecular flexibility index (Phi) is 7.08. The Bertz CT molecular complexity index is 1310. The fourth-order valence-corrected chi connectivity index (χ4v) is 5.88. The first-order chi connectivity index (χ1) is 18.5. The molecule has 3 aromatic carbocycles. The SMILES string of the molecule is O=C(N[C@H](CN1CCCC1)[C@H](O)c1cc(F)c2c(c1)OCCO2)[C@@H]1CCN(c2ccc3ccccc3c2)C1. The molecule has 0 unspecified atom stereocenters. The lowest BCUT2D eigenvalue weighted by Crippen LogP contribution is -2.48. The molecule has 3 aromatic rings. The quantitative estimate of drug-likeness (QED) is 0.494. The minimum atomic E-state index is -1.08. The molecule has 7 nitrogen and oxygen atoms in total. The summed E-state index contributed by atoms with van der Waals surface area (Å²) in [5.74, 6) is -0.462. The maximum absolute atomic E-state index is 14.8. The van der Waals surface area contributed by atoms with Crippen LogP contribution < -0.4 is 19.7 Å². The molecule has 1 amide bonds. The number of nitrogens with one attached hydrogen (secondary N) is 1. The maximum Gasteiger partial charge on any atom is 0.225 e. The second-order valence-corrected chi connectivity index (χ2v) is 10.6. The monoisotopic (exact) mass is 519 g/mol. The highest BCUT2D eigenvalue weighted by atomic mass is 19.1. The Hall–Kier alpha value is -3.36. The highest BCUT2D eigenvalue weighted by Crippen LogP contribution is 2.36. The molecule has 0 aromatic heterocycles. The Balaban J connectivity index is 1.17. The van der Waals surface area contributed by atoms with E-state index in [1.165, 1.54) is 16.8 Å². The van der Waals surface area contributed by atoms with Gasteiger partial charge in [0.1, 0.15) is 19.3 Å². The molecule has 3 aliphatic heterocycles. The van der Waals surface area contributed by atoms with E-state index in [1.54, 1.807) is 6.07 Å². The lowest BCUT2D eigenvalue weighted by molar-refractivity contribution is -0.126. The van der Waals surface area contributed by atoms with Gasteiger partial charge >= 0.3 is 0 Å². The number of hydrogen-bond donors (Lipinski definition) is 2. The van der Waals surface area contributed by atoms with Gasteiger partial charge in [0.05, 0.1) is 12.0 Å². The van der Waals surface area contributed by atoms with E-state index in [0.29, 0.717) is 31.0 Å². The van der Waals surface area contributed by atoms with E-state index in [4.69, 9.17) is 9.47 Å². The molecular weight excluding hydrogens is 485 g/mol. The van der Waals surface area contributed by atoms with Gasteiger partial charge in [-0.3, -0.25) is 4.79 Å². The molecule has 3 aliphatic rings. The average Bonchev–Trinajstić information content (AvgIpc) is 3.65. The van der Waals surface area contributed by atoms with E-state index < -0.39 is 18.0 Å². The molecule has 0 spiro atoms. The number of halogens is 1. The van der Waals surface area contributed by atoms with Gasteiger partial charge in [0.2, 0.25) is 5.91 Å². The highest BCUT2D eigenvalue weighted by molar-refractivity contribution is 5.86. The highest BCUT2D eigenvalue weighted by Gasteiger charge is 2.34. The molecule has 0 saturated carbocycles. The van der Waals surface area contributed by atoms with E-state index in [-0.39, 0.29) is 24.2 Å². The summed E-state index contributed by atoms with van der Waals surface area (Å²) in [6, 6.07) is 17.0. The summed E-state index contributed by atoms with van der Waals surface area (Å²) in [4.78, 5) is 18.0. The van der Waals surface area contributed by atoms with Gasteiger partial charge in [0.15, 0.2) is 17.3 Å². The molecular formula is C30H34FN3O4. The van der Waals surface area contributed by atoms with Crippen molar-refractivity contribution in [3.8, 4) is 11.5 Å². The number of carbonyl (C=O) groups is 1. The van der Waals surface area contributed by atoms with Crippen LogP contribution in [0.2, 0.25) is 0 Å². The minimum absolute atomic E-state index is 0.0745.